The van der Waals surface area contributed by atoms with Gasteiger partial charge in [-0.3, -0.25) is 0 Å². The molecule has 2 heteroatoms. The molecular weight excluding hydrogens is 198 g/mol. The number of hydrogen-bond donors (Lipinski definition) is 1. The summed E-state index contributed by atoms with van der Waals surface area (Å²) in [5, 5.41) is 0. The largest absolute Gasteiger partial charge is 0.304 e. The number of rotatable bonds is 4. The van der Waals surface area contributed by atoms with Crippen molar-refractivity contribution in [2.75, 3.05) is 6.61 Å². The van der Waals surface area contributed by atoms with Crippen LogP contribution in [0.1, 0.15) is 34.2 Å². The maximum absolute atomic E-state index is 4.98. The van der Waals surface area contributed by atoms with E-state index in [2.05, 4.69) is 50.8 Å². The smallest absolute Gasteiger partial charge is 0.0713 e. The lowest BCUT2D eigenvalue weighted by Gasteiger charge is -2.12. The molecule has 2 N–H and O–H groups in total. The third-order valence-corrected chi connectivity index (χ3v) is 3.11. The fourth-order valence-electron chi connectivity index (χ4n) is 1.83. The monoisotopic (exact) mass is 219 g/mol. The molecule has 0 saturated carbocycles. The van der Waals surface area contributed by atoms with Gasteiger partial charge in [0.05, 0.1) is 6.61 Å². The van der Waals surface area contributed by atoms with Gasteiger partial charge in [-0.25, -0.2) is 5.90 Å². The van der Waals surface area contributed by atoms with E-state index in [1.165, 1.54) is 27.8 Å². The zero-order valence-electron chi connectivity index (χ0n) is 10.6. The van der Waals surface area contributed by atoms with E-state index in [0.717, 1.165) is 6.42 Å². The van der Waals surface area contributed by atoms with Crippen LogP contribution in [-0.4, -0.2) is 6.61 Å². The summed E-state index contributed by atoms with van der Waals surface area (Å²) in [6.45, 7) is 9.21. The lowest BCUT2D eigenvalue weighted by molar-refractivity contribution is 0.143. The summed E-state index contributed by atoms with van der Waals surface area (Å²) in [5.41, 5.74) is 6.73. The van der Waals surface area contributed by atoms with Crippen molar-refractivity contribution in [3.05, 3.63) is 40.0 Å². The van der Waals surface area contributed by atoms with Crippen LogP contribution in [0.5, 0.6) is 0 Å². The Morgan fingerprint density at radius 1 is 1.12 bits per heavy atom. The molecule has 0 aliphatic heterocycles. The van der Waals surface area contributed by atoms with Crippen LogP contribution in [0.4, 0.5) is 0 Å². The fraction of sp³-hybridized carbons (Fsp3) is 0.429. The average molecular weight is 219 g/mol. The van der Waals surface area contributed by atoms with Gasteiger partial charge >= 0.3 is 0 Å². The third-order valence-electron chi connectivity index (χ3n) is 3.11. The molecule has 0 aromatic heterocycles. The van der Waals surface area contributed by atoms with Crippen molar-refractivity contribution in [3.8, 4) is 0 Å². The first kappa shape index (κ1) is 12.9. The van der Waals surface area contributed by atoms with Crippen LogP contribution in [0.25, 0.3) is 6.08 Å². The van der Waals surface area contributed by atoms with Crippen LogP contribution >= 0.6 is 0 Å². The van der Waals surface area contributed by atoms with Crippen LogP contribution in [0.15, 0.2) is 12.1 Å². The number of nitrogens with two attached hydrogens (primary N) is 1. The highest BCUT2D eigenvalue weighted by Gasteiger charge is 2.04. The minimum absolute atomic E-state index is 0.569. The summed E-state index contributed by atoms with van der Waals surface area (Å²) >= 11 is 0. The molecule has 2 nitrogen and oxygen atoms in total. The number of hydrogen-bond acceptors (Lipinski definition) is 2. The van der Waals surface area contributed by atoms with Gasteiger partial charge in [0.15, 0.2) is 0 Å². The van der Waals surface area contributed by atoms with Crippen molar-refractivity contribution < 1.29 is 4.84 Å². The highest BCUT2D eigenvalue weighted by Crippen LogP contribution is 2.22. The third kappa shape index (κ3) is 2.94. The topological polar surface area (TPSA) is 35.2 Å². The molecule has 0 bridgehead atoms. The summed E-state index contributed by atoms with van der Waals surface area (Å²) in [6.07, 6.45) is 5.13. The maximum Gasteiger partial charge on any atom is 0.0713 e. The van der Waals surface area contributed by atoms with Gasteiger partial charge in [-0.1, -0.05) is 18.2 Å². The summed E-state index contributed by atoms with van der Waals surface area (Å²) in [7, 11) is 0. The summed E-state index contributed by atoms with van der Waals surface area (Å²) in [5.74, 6) is 4.98. The first-order chi connectivity index (χ1) is 7.57. The molecule has 0 aliphatic rings. The Kier molecular flexibility index (Phi) is 4.71. The fourth-order valence-corrected chi connectivity index (χ4v) is 1.83. The van der Waals surface area contributed by atoms with E-state index >= 15 is 0 Å². The Morgan fingerprint density at radius 3 is 2.19 bits per heavy atom. The number of benzene rings is 1. The molecule has 0 atom stereocenters. The second-order valence-electron chi connectivity index (χ2n) is 4.24. The SMILES string of the molecule is Cc1cc(C)c(C)c(/C=C/CCON)c1C. The van der Waals surface area contributed by atoms with E-state index in [-0.39, 0.29) is 0 Å². The van der Waals surface area contributed by atoms with Crippen LogP contribution in [0.3, 0.4) is 0 Å². The van der Waals surface area contributed by atoms with Crippen LogP contribution in [0, 0.1) is 27.7 Å². The summed E-state index contributed by atoms with van der Waals surface area (Å²) < 4.78 is 0. The highest BCUT2D eigenvalue weighted by atomic mass is 16.6. The molecule has 0 saturated heterocycles. The molecule has 0 amide bonds. The van der Waals surface area contributed by atoms with Gasteiger partial charge in [0.2, 0.25) is 0 Å². The molecular formula is C14H21NO. The van der Waals surface area contributed by atoms with E-state index in [0.29, 0.717) is 6.61 Å². The van der Waals surface area contributed by atoms with Gasteiger partial charge in [-0.15, -0.1) is 0 Å². The van der Waals surface area contributed by atoms with Crippen LogP contribution < -0.4 is 5.90 Å². The first-order valence-corrected chi connectivity index (χ1v) is 5.63. The molecule has 0 aliphatic carbocycles. The molecule has 0 unspecified atom stereocenters. The van der Waals surface area contributed by atoms with Crippen molar-refractivity contribution in [2.45, 2.75) is 34.1 Å². The Balaban J connectivity index is 2.98. The summed E-state index contributed by atoms with van der Waals surface area (Å²) in [6, 6.07) is 2.24. The van der Waals surface area contributed by atoms with Crippen molar-refractivity contribution in [1.82, 2.24) is 0 Å². The zero-order chi connectivity index (χ0) is 12.1. The van der Waals surface area contributed by atoms with Crippen molar-refractivity contribution in [1.29, 1.82) is 0 Å². The van der Waals surface area contributed by atoms with Gasteiger partial charge in [-0.2, -0.15) is 0 Å². The van der Waals surface area contributed by atoms with E-state index < -0.39 is 0 Å². The molecule has 16 heavy (non-hydrogen) atoms. The van der Waals surface area contributed by atoms with Crippen molar-refractivity contribution in [3.63, 3.8) is 0 Å². The molecule has 0 spiro atoms. The second-order valence-corrected chi connectivity index (χ2v) is 4.24. The Labute approximate surface area is 98.1 Å². The second kappa shape index (κ2) is 5.83. The highest BCUT2D eigenvalue weighted by molar-refractivity contribution is 5.61. The Morgan fingerprint density at radius 2 is 1.69 bits per heavy atom. The first-order valence-electron chi connectivity index (χ1n) is 5.63. The number of aryl methyl sites for hydroxylation is 2. The molecule has 0 fully saturated rings. The van der Waals surface area contributed by atoms with Gasteiger partial charge in [0.25, 0.3) is 0 Å². The van der Waals surface area contributed by atoms with Crippen molar-refractivity contribution in [2.24, 2.45) is 5.90 Å². The van der Waals surface area contributed by atoms with Gasteiger partial charge in [0, 0.05) is 0 Å². The lowest BCUT2D eigenvalue weighted by Crippen LogP contribution is -1.99. The van der Waals surface area contributed by atoms with Crippen LogP contribution in [-0.2, 0) is 4.84 Å². The predicted molar refractivity (Wildman–Crippen MR) is 69.2 cm³/mol. The quantitative estimate of drug-likeness (QED) is 0.623. The zero-order valence-corrected chi connectivity index (χ0v) is 10.6. The maximum atomic E-state index is 4.98. The molecule has 0 heterocycles. The Bertz CT molecular complexity index is 368. The molecule has 1 aromatic rings. The van der Waals surface area contributed by atoms with Gasteiger partial charge < -0.3 is 4.84 Å². The van der Waals surface area contributed by atoms with Crippen LogP contribution in [0.2, 0.25) is 0 Å². The van der Waals surface area contributed by atoms with E-state index in [1.54, 1.807) is 0 Å². The molecule has 1 rings (SSSR count). The minimum atomic E-state index is 0.569. The molecule has 1 aromatic carbocycles. The predicted octanol–water partition coefficient (Wildman–Crippen LogP) is 3.21. The lowest BCUT2D eigenvalue weighted by atomic mass is 9.94. The average Bonchev–Trinajstić information content (AvgIpc) is 2.25. The van der Waals surface area contributed by atoms with E-state index in [4.69, 9.17) is 5.90 Å². The normalized spacial score (nSPS) is 11.3. The summed E-state index contributed by atoms with van der Waals surface area (Å²) in [4.78, 5) is 4.54. The molecule has 88 valence electrons. The Hall–Kier alpha value is -1.12. The molecule has 0 radical (unpaired) electrons. The van der Waals surface area contributed by atoms with E-state index in [1.807, 2.05) is 0 Å². The minimum Gasteiger partial charge on any atom is -0.304 e. The van der Waals surface area contributed by atoms with Gasteiger partial charge in [-0.05, 0) is 61.9 Å². The van der Waals surface area contributed by atoms with Crippen molar-refractivity contribution >= 4 is 6.08 Å². The van der Waals surface area contributed by atoms with Gasteiger partial charge in [0.1, 0.15) is 0 Å². The standard InChI is InChI=1S/C14H21NO/c1-10-9-11(2)13(4)14(12(10)3)7-5-6-8-16-15/h5,7,9H,6,8,15H2,1-4H3/b7-5+. The van der Waals surface area contributed by atoms with E-state index in [9.17, 15) is 0 Å².